The van der Waals surface area contributed by atoms with Crippen LogP contribution in [0.5, 0.6) is 5.75 Å². The number of carbonyl (C=O) groups excluding carboxylic acids is 2. The van der Waals surface area contributed by atoms with Crippen LogP contribution in [0.15, 0.2) is 47.6 Å². The molecule has 0 aliphatic carbocycles. The number of allylic oxidation sites excluding steroid dienone is 2. The summed E-state index contributed by atoms with van der Waals surface area (Å²) in [6, 6.07) is 5.88. The van der Waals surface area contributed by atoms with Gasteiger partial charge < -0.3 is 9.64 Å². The van der Waals surface area contributed by atoms with E-state index < -0.39 is 5.54 Å². The molecule has 2 aromatic rings. The molecule has 1 aromatic heterocycles. The van der Waals surface area contributed by atoms with Crippen molar-refractivity contribution in [1.82, 2.24) is 9.88 Å². The maximum Gasteiger partial charge on any atom is 0.252 e. The highest BCUT2D eigenvalue weighted by Crippen LogP contribution is 2.34. The highest BCUT2D eigenvalue weighted by Gasteiger charge is 2.45. The van der Waals surface area contributed by atoms with Crippen molar-refractivity contribution < 1.29 is 14.3 Å². The lowest BCUT2D eigenvalue weighted by atomic mass is 9.91. The molecular weight excluding hydrogens is 400 g/mol. The Morgan fingerprint density at radius 2 is 2.10 bits per heavy atom. The molecule has 3 heterocycles. The number of ether oxygens (including phenoxy) is 1. The van der Waals surface area contributed by atoms with E-state index in [1.54, 1.807) is 37.3 Å². The lowest BCUT2D eigenvalue weighted by Crippen LogP contribution is -2.58. The summed E-state index contributed by atoms with van der Waals surface area (Å²) in [5.41, 5.74) is 1.71. The molecule has 30 heavy (non-hydrogen) atoms. The molecule has 154 valence electrons. The number of hydrogen-bond acceptors (Lipinski definition) is 6. The van der Waals surface area contributed by atoms with Gasteiger partial charge in [-0.2, -0.15) is 4.99 Å². The summed E-state index contributed by atoms with van der Waals surface area (Å²) in [5, 5.41) is 3.41. The molecule has 0 saturated heterocycles. The quantitative estimate of drug-likeness (QED) is 0.809. The second-order valence-corrected chi connectivity index (χ2v) is 8.65. The Hall–Kier alpha value is -3.26. The van der Waals surface area contributed by atoms with Crippen LogP contribution < -0.4 is 10.1 Å². The molecule has 1 atom stereocenters. The van der Waals surface area contributed by atoms with Crippen LogP contribution in [-0.4, -0.2) is 40.2 Å². The number of aryl methyl sites for hydroxylation is 2. The van der Waals surface area contributed by atoms with Crippen molar-refractivity contribution >= 4 is 34.1 Å². The van der Waals surface area contributed by atoms with Crippen LogP contribution in [0.4, 0.5) is 5.13 Å². The zero-order valence-corrected chi connectivity index (χ0v) is 18.0. The van der Waals surface area contributed by atoms with E-state index in [1.807, 2.05) is 38.1 Å². The predicted octanol–water partition coefficient (Wildman–Crippen LogP) is 3.85. The molecular formula is C22H22N4O3S. The number of anilines is 1. The monoisotopic (exact) mass is 422 g/mol. The zero-order chi connectivity index (χ0) is 21.5. The van der Waals surface area contributed by atoms with Gasteiger partial charge in [-0.15, -0.1) is 11.3 Å². The molecule has 0 saturated carbocycles. The number of rotatable bonds is 4. The lowest BCUT2D eigenvalue weighted by molar-refractivity contribution is -0.130. The number of nitrogens with zero attached hydrogens (tertiary/aromatic N) is 3. The first kappa shape index (κ1) is 20.0. The molecule has 0 bridgehead atoms. The average Bonchev–Trinajstić information content (AvgIpc) is 3.07. The number of aliphatic imine (C=N–C) groups is 1. The molecule has 7 nitrogen and oxygen atoms in total. The summed E-state index contributed by atoms with van der Waals surface area (Å²) in [6.07, 6.45) is 7.09. The van der Waals surface area contributed by atoms with Crippen molar-refractivity contribution in [2.45, 2.75) is 32.7 Å². The first-order chi connectivity index (χ1) is 14.3. The molecule has 8 heteroatoms. The fourth-order valence-electron chi connectivity index (χ4n) is 3.65. The first-order valence-corrected chi connectivity index (χ1v) is 10.3. The van der Waals surface area contributed by atoms with E-state index >= 15 is 0 Å². The summed E-state index contributed by atoms with van der Waals surface area (Å²) in [6.45, 7) is 5.69. The third-order valence-electron chi connectivity index (χ3n) is 5.28. The largest absolute Gasteiger partial charge is 0.496 e. The van der Waals surface area contributed by atoms with Crippen LogP contribution >= 0.6 is 11.3 Å². The minimum absolute atomic E-state index is 0.00456. The van der Waals surface area contributed by atoms with Gasteiger partial charge in [0.15, 0.2) is 5.13 Å². The van der Waals surface area contributed by atoms with Crippen molar-refractivity contribution in [2.24, 2.45) is 4.99 Å². The van der Waals surface area contributed by atoms with Crippen LogP contribution in [0.3, 0.4) is 0 Å². The number of carbonyl (C=O) groups is 2. The van der Waals surface area contributed by atoms with Gasteiger partial charge >= 0.3 is 0 Å². The van der Waals surface area contributed by atoms with E-state index in [9.17, 15) is 9.59 Å². The molecule has 2 aliphatic rings. The molecule has 1 N–H and O–H groups in total. The van der Waals surface area contributed by atoms with E-state index in [0.29, 0.717) is 11.0 Å². The van der Waals surface area contributed by atoms with Crippen LogP contribution in [0, 0.1) is 13.8 Å². The number of aromatic nitrogens is 1. The third kappa shape index (κ3) is 3.43. The van der Waals surface area contributed by atoms with Crippen LogP contribution in [0.1, 0.15) is 23.8 Å². The van der Waals surface area contributed by atoms with Crippen molar-refractivity contribution in [3.63, 3.8) is 0 Å². The minimum Gasteiger partial charge on any atom is -0.496 e. The summed E-state index contributed by atoms with van der Waals surface area (Å²) in [4.78, 5) is 36.8. The second-order valence-electron chi connectivity index (χ2n) is 7.45. The summed E-state index contributed by atoms with van der Waals surface area (Å²) < 4.78 is 5.33. The fraction of sp³-hybridized carbons (Fsp3) is 0.273. The van der Waals surface area contributed by atoms with Gasteiger partial charge in [0.05, 0.1) is 19.2 Å². The van der Waals surface area contributed by atoms with E-state index in [0.717, 1.165) is 27.4 Å². The summed E-state index contributed by atoms with van der Waals surface area (Å²) in [5.74, 6) is 0.672. The van der Waals surface area contributed by atoms with Crippen molar-refractivity contribution in [1.29, 1.82) is 0 Å². The fourth-order valence-corrected chi connectivity index (χ4v) is 4.49. The lowest BCUT2D eigenvalue weighted by Gasteiger charge is -2.41. The Kier molecular flexibility index (Phi) is 5.03. The average molecular weight is 423 g/mol. The van der Waals surface area contributed by atoms with Gasteiger partial charge in [0, 0.05) is 16.6 Å². The number of methoxy groups -OCH3 is 1. The number of benzene rings is 1. The molecule has 1 aromatic carbocycles. The highest BCUT2D eigenvalue weighted by molar-refractivity contribution is 7.16. The second kappa shape index (κ2) is 7.53. The molecule has 0 spiro atoms. The van der Waals surface area contributed by atoms with Crippen LogP contribution in [0.25, 0.3) is 11.3 Å². The minimum atomic E-state index is -1.08. The standard InChI is InChI=1S/C22H22N4O3S/c1-13-11-15(8-9-16(13)29-4)19-14(2)30-21(24-19)25-20(28)22(3)12-18(27)23-17-7-5-6-10-26(17)22/h5-11H,12H2,1-4H3,(H,24,25,28). The van der Waals surface area contributed by atoms with Gasteiger partial charge in [0.25, 0.3) is 11.8 Å². The Labute approximate surface area is 178 Å². The van der Waals surface area contributed by atoms with E-state index in [4.69, 9.17) is 4.74 Å². The molecule has 0 fully saturated rings. The third-order valence-corrected chi connectivity index (χ3v) is 6.17. The Morgan fingerprint density at radius 3 is 2.83 bits per heavy atom. The van der Waals surface area contributed by atoms with Gasteiger partial charge in [0.1, 0.15) is 17.1 Å². The van der Waals surface area contributed by atoms with E-state index in [1.165, 1.54) is 11.3 Å². The Balaban J connectivity index is 1.60. The summed E-state index contributed by atoms with van der Waals surface area (Å²) >= 11 is 1.41. The molecule has 1 unspecified atom stereocenters. The Bertz CT molecular complexity index is 1130. The molecule has 2 amide bonds. The molecule has 4 rings (SSSR count). The van der Waals surface area contributed by atoms with E-state index in [2.05, 4.69) is 15.3 Å². The topological polar surface area (TPSA) is 83.9 Å². The van der Waals surface area contributed by atoms with Gasteiger partial charge in [0.2, 0.25) is 0 Å². The number of thiazole rings is 1. The number of nitrogens with one attached hydrogen (secondary N) is 1. The van der Waals surface area contributed by atoms with Crippen molar-refractivity contribution in [3.8, 4) is 17.0 Å². The molecule has 2 aliphatic heterocycles. The van der Waals surface area contributed by atoms with Gasteiger partial charge in [-0.25, -0.2) is 4.98 Å². The molecule has 0 radical (unpaired) electrons. The number of fused-ring (bicyclic) bond motifs is 1. The highest BCUT2D eigenvalue weighted by atomic mass is 32.1. The van der Waals surface area contributed by atoms with Gasteiger partial charge in [-0.3, -0.25) is 14.9 Å². The van der Waals surface area contributed by atoms with Crippen LogP contribution in [-0.2, 0) is 9.59 Å². The zero-order valence-electron chi connectivity index (χ0n) is 17.2. The first-order valence-electron chi connectivity index (χ1n) is 9.51. The SMILES string of the molecule is COc1ccc(-c2nc(NC(=O)C3(C)CC(=O)N=C4C=CC=CN43)sc2C)cc1C. The normalized spacial score (nSPS) is 20.1. The predicted molar refractivity (Wildman–Crippen MR) is 118 cm³/mol. The van der Waals surface area contributed by atoms with Crippen LogP contribution in [0.2, 0.25) is 0 Å². The van der Waals surface area contributed by atoms with Gasteiger partial charge in [-0.1, -0.05) is 6.08 Å². The maximum atomic E-state index is 13.2. The number of amides is 2. The van der Waals surface area contributed by atoms with Crippen molar-refractivity contribution in [2.75, 3.05) is 12.4 Å². The van der Waals surface area contributed by atoms with Crippen molar-refractivity contribution in [3.05, 3.63) is 53.1 Å². The Morgan fingerprint density at radius 1 is 1.30 bits per heavy atom. The van der Waals surface area contributed by atoms with E-state index in [-0.39, 0.29) is 18.2 Å². The van der Waals surface area contributed by atoms with Gasteiger partial charge in [-0.05, 0) is 56.7 Å². The number of hydrogen-bond donors (Lipinski definition) is 1. The smallest absolute Gasteiger partial charge is 0.252 e. The summed E-state index contributed by atoms with van der Waals surface area (Å²) in [7, 11) is 1.64. The maximum absolute atomic E-state index is 13.2. The number of amidine groups is 1.